The molecule has 35 heavy (non-hydrogen) atoms. The van der Waals surface area contributed by atoms with E-state index in [1.165, 1.54) is 12.3 Å². The van der Waals surface area contributed by atoms with Crippen molar-refractivity contribution < 1.29 is 9.53 Å². The summed E-state index contributed by atoms with van der Waals surface area (Å²) in [5, 5.41) is 19.7. The Kier molecular flexibility index (Phi) is 7.94. The van der Waals surface area contributed by atoms with Gasteiger partial charge in [-0.05, 0) is 19.1 Å². The number of terminal acetylenes is 1. The molecule has 2 N–H and O–H groups in total. The van der Waals surface area contributed by atoms with Crippen molar-refractivity contribution in [3.63, 3.8) is 0 Å². The minimum atomic E-state index is -0.0919. The number of hydrogen-bond donors (Lipinski definition) is 2. The van der Waals surface area contributed by atoms with Gasteiger partial charge in [-0.3, -0.25) is 9.48 Å². The number of nitrogens with zero attached hydrogens (tertiary/aromatic N) is 6. The second-order valence-electron chi connectivity index (χ2n) is 7.28. The molecule has 10 heteroatoms. The summed E-state index contributed by atoms with van der Waals surface area (Å²) in [5.41, 5.74) is 2.42. The van der Waals surface area contributed by atoms with Crippen LogP contribution in [0.25, 0.3) is 11.4 Å². The van der Waals surface area contributed by atoms with Gasteiger partial charge in [0.1, 0.15) is 29.7 Å². The summed E-state index contributed by atoms with van der Waals surface area (Å²) >= 11 is 0. The highest BCUT2D eigenvalue weighted by molar-refractivity contribution is 6.02. The number of allylic oxidation sites excluding steroid dienone is 1. The van der Waals surface area contributed by atoms with Crippen molar-refractivity contribution in [1.82, 2.24) is 19.7 Å². The number of nitriles is 1. The van der Waals surface area contributed by atoms with E-state index in [-0.39, 0.29) is 17.3 Å². The van der Waals surface area contributed by atoms with Crippen LogP contribution in [0.4, 0.5) is 17.2 Å². The fourth-order valence-electron chi connectivity index (χ4n) is 3.19. The number of carbonyl (C=O) groups excluding carboxylic acids is 1. The van der Waals surface area contributed by atoms with Crippen LogP contribution in [-0.4, -0.2) is 38.4 Å². The number of ketones is 1. The second kappa shape index (κ2) is 11.3. The molecular weight excluding hydrogens is 444 g/mol. The highest BCUT2D eigenvalue weighted by Crippen LogP contribution is 2.37. The van der Waals surface area contributed by atoms with Crippen molar-refractivity contribution in [2.75, 3.05) is 17.7 Å². The Hall–Kier alpha value is -4.96. The molecule has 0 spiro atoms. The molecule has 0 amide bonds. The Morgan fingerprint density at radius 2 is 2.14 bits per heavy atom. The van der Waals surface area contributed by atoms with Crippen LogP contribution in [0.3, 0.4) is 0 Å². The van der Waals surface area contributed by atoms with Crippen molar-refractivity contribution >= 4 is 28.7 Å². The minimum Gasteiger partial charge on any atom is -0.494 e. The van der Waals surface area contributed by atoms with E-state index < -0.39 is 0 Å². The normalized spacial score (nSPS) is 11.4. The summed E-state index contributed by atoms with van der Waals surface area (Å²) in [5.74, 6) is 3.95. The van der Waals surface area contributed by atoms with Gasteiger partial charge in [0.15, 0.2) is 17.4 Å². The number of methoxy groups -OCH3 is 1. The van der Waals surface area contributed by atoms with Crippen molar-refractivity contribution in [3.05, 3.63) is 54.3 Å². The molecule has 0 aliphatic rings. The fourth-order valence-corrected chi connectivity index (χ4v) is 3.19. The number of Topliss-reactive ketones (excluding diaryl/α,β-unsaturated/α-hetero) is 1. The molecule has 0 radical (unpaired) electrons. The molecule has 2 aromatic heterocycles. The third kappa shape index (κ3) is 5.89. The first-order valence-corrected chi connectivity index (χ1v) is 10.6. The molecule has 0 saturated heterocycles. The number of benzene rings is 1. The van der Waals surface area contributed by atoms with Crippen LogP contribution in [0.1, 0.15) is 30.6 Å². The molecule has 0 aliphatic carbocycles. The molecule has 3 aromatic rings. The summed E-state index contributed by atoms with van der Waals surface area (Å²) in [4.78, 5) is 25.4. The Morgan fingerprint density at radius 3 is 2.77 bits per heavy atom. The maximum Gasteiger partial charge on any atom is 0.184 e. The van der Waals surface area contributed by atoms with Gasteiger partial charge in [0.05, 0.1) is 29.6 Å². The number of pyridine rings is 1. The van der Waals surface area contributed by atoms with Gasteiger partial charge in [0, 0.05) is 31.8 Å². The van der Waals surface area contributed by atoms with Crippen LogP contribution >= 0.6 is 0 Å². The van der Waals surface area contributed by atoms with Gasteiger partial charge in [-0.25, -0.2) is 15.0 Å². The van der Waals surface area contributed by atoms with E-state index in [4.69, 9.17) is 16.4 Å². The molecule has 2 heterocycles. The first-order valence-electron chi connectivity index (χ1n) is 10.6. The molecule has 0 atom stereocenters. The first-order chi connectivity index (χ1) is 16.9. The maximum atomic E-state index is 12.6. The SMILES string of the molecule is C#C/C=C(\N=C(C)C#N)Nc1cc(Nc2cccc(-c3ncn(C)n3)c2OC)c(C(=O)CC)cn1. The molecule has 10 nitrogen and oxygen atoms in total. The van der Waals surface area contributed by atoms with Crippen molar-refractivity contribution in [1.29, 1.82) is 5.26 Å². The van der Waals surface area contributed by atoms with E-state index in [9.17, 15) is 4.79 Å². The van der Waals surface area contributed by atoms with Gasteiger partial charge in [0.2, 0.25) is 0 Å². The van der Waals surface area contributed by atoms with Crippen LogP contribution in [0, 0.1) is 23.7 Å². The fraction of sp³-hybridized carbons (Fsp3) is 0.200. The number of hydrogen-bond acceptors (Lipinski definition) is 9. The summed E-state index contributed by atoms with van der Waals surface area (Å²) < 4.78 is 7.28. The quantitative estimate of drug-likeness (QED) is 0.273. The third-order valence-corrected chi connectivity index (χ3v) is 4.78. The molecule has 0 unspecified atom stereocenters. The molecule has 176 valence electrons. The monoisotopic (exact) mass is 468 g/mol. The molecular formula is C25H24N8O2. The summed E-state index contributed by atoms with van der Waals surface area (Å²) in [6.07, 6.45) is 10.1. The first kappa shape index (κ1) is 24.7. The van der Waals surface area contributed by atoms with Crippen molar-refractivity contribution in [2.24, 2.45) is 12.0 Å². The number of nitrogens with one attached hydrogen (secondary N) is 2. The molecule has 3 rings (SSSR count). The smallest absolute Gasteiger partial charge is 0.184 e. The van der Waals surface area contributed by atoms with E-state index in [0.717, 1.165) is 0 Å². The number of para-hydroxylation sites is 1. The lowest BCUT2D eigenvalue weighted by atomic mass is 10.1. The van der Waals surface area contributed by atoms with Crippen LogP contribution in [0.5, 0.6) is 5.75 Å². The minimum absolute atomic E-state index is 0.0919. The Morgan fingerprint density at radius 1 is 1.34 bits per heavy atom. The third-order valence-electron chi connectivity index (χ3n) is 4.78. The zero-order chi connectivity index (χ0) is 25.4. The molecule has 0 saturated carbocycles. The number of ether oxygens (including phenoxy) is 1. The van der Waals surface area contributed by atoms with Gasteiger partial charge in [-0.2, -0.15) is 10.4 Å². The predicted octanol–water partition coefficient (Wildman–Crippen LogP) is 4.09. The Bertz CT molecular complexity index is 1390. The number of aromatic nitrogens is 4. The largest absolute Gasteiger partial charge is 0.494 e. The van der Waals surface area contributed by atoms with Gasteiger partial charge in [-0.1, -0.05) is 18.9 Å². The number of rotatable bonds is 9. The van der Waals surface area contributed by atoms with E-state index in [0.29, 0.717) is 46.3 Å². The number of carbonyl (C=O) groups is 1. The van der Waals surface area contributed by atoms with Gasteiger partial charge >= 0.3 is 0 Å². The highest BCUT2D eigenvalue weighted by Gasteiger charge is 2.18. The maximum absolute atomic E-state index is 12.6. The highest BCUT2D eigenvalue weighted by atomic mass is 16.5. The van der Waals surface area contributed by atoms with E-state index >= 15 is 0 Å². The Labute approximate surface area is 203 Å². The molecule has 0 bridgehead atoms. The topological polar surface area (TPSA) is 130 Å². The average molecular weight is 469 g/mol. The van der Waals surface area contributed by atoms with Crippen LogP contribution in [0.15, 0.2) is 53.7 Å². The predicted molar refractivity (Wildman–Crippen MR) is 134 cm³/mol. The lowest BCUT2D eigenvalue weighted by Crippen LogP contribution is -2.08. The van der Waals surface area contributed by atoms with Gasteiger partial charge in [-0.15, -0.1) is 6.42 Å². The van der Waals surface area contributed by atoms with Crippen LogP contribution in [-0.2, 0) is 7.05 Å². The number of anilines is 3. The zero-order valence-electron chi connectivity index (χ0n) is 19.8. The van der Waals surface area contributed by atoms with E-state index in [1.807, 2.05) is 24.3 Å². The van der Waals surface area contributed by atoms with E-state index in [1.54, 1.807) is 45.1 Å². The van der Waals surface area contributed by atoms with Gasteiger partial charge < -0.3 is 15.4 Å². The van der Waals surface area contributed by atoms with Crippen LogP contribution < -0.4 is 15.4 Å². The van der Waals surface area contributed by atoms with Gasteiger partial charge in [0.25, 0.3) is 0 Å². The second-order valence-corrected chi connectivity index (χ2v) is 7.28. The number of aliphatic imine (C=N–C) groups is 1. The lowest BCUT2D eigenvalue weighted by molar-refractivity contribution is 0.0988. The summed E-state index contributed by atoms with van der Waals surface area (Å²) in [6.45, 7) is 3.34. The molecule has 1 aromatic carbocycles. The standard InChI is InChI=1S/C25H24N8O2/c1-6-9-22(29-16(3)13-26)31-23-12-20(18(14-27-23)21(34)7-2)30-19-11-8-10-17(24(19)35-5)25-28-15-33(4)32-25/h1,8-12,14-15H,7H2,2-5H3,(H2,27,30,31)/b22-9+,29-16?. The Balaban J connectivity index is 2.05. The molecule has 0 fully saturated rings. The van der Waals surface area contributed by atoms with Crippen LogP contribution in [0.2, 0.25) is 0 Å². The number of aryl methyl sites for hydroxylation is 1. The van der Waals surface area contributed by atoms with Crippen molar-refractivity contribution in [3.8, 4) is 35.6 Å². The molecule has 0 aliphatic heterocycles. The summed E-state index contributed by atoms with van der Waals surface area (Å²) in [6, 6.07) is 9.12. The van der Waals surface area contributed by atoms with Crippen molar-refractivity contribution in [2.45, 2.75) is 20.3 Å². The average Bonchev–Trinajstić information content (AvgIpc) is 3.29. The lowest BCUT2D eigenvalue weighted by Gasteiger charge is -2.17. The zero-order valence-corrected chi connectivity index (χ0v) is 19.8. The van der Waals surface area contributed by atoms with E-state index in [2.05, 4.69) is 36.6 Å². The summed E-state index contributed by atoms with van der Waals surface area (Å²) in [7, 11) is 3.33.